The third kappa shape index (κ3) is 5.68. The van der Waals surface area contributed by atoms with Crippen LogP contribution in [-0.2, 0) is 20.9 Å². The molecule has 1 heterocycles. The van der Waals surface area contributed by atoms with Crippen molar-refractivity contribution in [1.82, 2.24) is 5.32 Å². The van der Waals surface area contributed by atoms with E-state index >= 15 is 0 Å². The minimum Gasteiger partial charge on any atom is -0.489 e. The average Bonchev–Trinajstić information content (AvgIpc) is 3.08. The van der Waals surface area contributed by atoms with Gasteiger partial charge in [0, 0.05) is 11.6 Å². The van der Waals surface area contributed by atoms with Gasteiger partial charge in [0.05, 0.1) is 23.3 Å². The number of halogens is 2. The lowest BCUT2D eigenvalue weighted by Gasteiger charge is -2.08. The van der Waals surface area contributed by atoms with E-state index in [0.29, 0.717) is 16.9 Å². The molecule has 0 radical (unpaired) electrons. The molecule has 30 heavy (non-hydrogen) atoms. The quantitative estimate of drug-likeness (QED) is 0.316. The normalized spacial score (nSPS) is 16.3. The Hall–Kier alpha value is -3.17. The monoisotopic (exact) mass is 447 g/mol. The van der Waals surface area contributed by atoms with Gasteiger partial charge in [0.2, 0.25) is 0 Å². The number of carbonyl (C=O) groups is 2. The molecule has 1 amide bonds. The maximum atomic E-state index is 13.9. The van der Waals surface area contributed by atoms with Crippen molar-refractivity contribution in [2.24, 2.45) is 10.2 Å². The number of amidine groups is 1. The SMILES string of the molecule is COC(=O)/C=C1/S/C(=N\N=Cc2cccc(OCc3cccc(Cl)c3F)c2)NC1=O. The molecule has 7 nitrogen and oxygen atoms in total. The molecule has 2 aromatic rings. The van der Waals surface area contributed by atoms with Crippen LogP contribution in [0.1, 0.15) is 11.1 Å². The second-order valence-corrected chi connectivity index (χ2v) is 7.25. The van der Waals surface area contributed by atoms with Gasteiger partial charge in [0.15, 0.2) is 5.17 Å². The van der Waals surface area contributed by atoms with Gasteiger partial charge in [-0.2, -0.15) is 5.10 Å². The number of nitrogens with one attached hydrogen (secondary N) is 1. The largest absolute Gasteiger partial charge is 0.489 e. The van der Waals surface area contributed by atoms with Gasteiger partial charge in [-0.05, 0) is 35.5 Å². The van der Waals surface area contributed by atoms with Crippen LogP contribution in [0.5, 0.6) is 5.75 Å². The lowest BCUT2D eigenvalue weighted by molar-refractivity contribution is -0.135. The molecule has 0 bridgehead atoms. The van der Waals surface area contributed by atoms with Crippen molar-refractivity contribution >= 4 is 46.6 Å². The molecule has 1 N–H and O–H groups in total. The van der Waals surface area contributed by atoms with E-state index in [1.807, 2.05) is 0 Å². The third-order valence-electron chi connectivity index (χ3n) is 3.74. The van der Waals surface area contributed by atoms with E-state index < -0.39 is 17.7 Å². The zero-order chi connectivity index (χ0) is 21.5. The van der Waals surface area contributed by atoms with Crippen LogP contribution in [0.15, 0.2) is 63.6 Å². The van der Waals surface area contributed by atoms with Gasteiger partial charge in [-0.25, -0.2) is 9.18 Å². The Balaban J connectivity index is 1.62. The number of amides is 1. The maximum absolute atomic E-state index is 13.9. The van der Waals surface area contributed by atoms with Gasteiger partial charge >= 0.3 is 5.97 Å². The van der Waals surface area contributed by atoms with E-state index in [9.17, 15) is 14.0 Å². The molecule has 0 unspecified atom stereocenters. The topological polar surface area (TPSA) is 89.3 Å². The zero-order valence-electron chi connectivity index (χ0n) is 15.6. The van der Waals surface area contributed by atoms with E-state index in [-0.39, 0.29) is 21.7 Å². The first-order valence-electron chi connectivity index (χ1n) is 8.52. The fourth-order valence-corrected chi connectivity index (χ4v) is 3.23. The van der Waals surface area contributed by atoms with Crippen LogP contribution in [0.25, 0.3) is 0 Å². The Morgan fingerprint density at radius 3 is 2.90 bits per heavy atom. The first kappa shape index (κ1) is 21.5. The molecule has 2 aromatic carbocycles. The van der Waals surface area contributed by atoms with Crippen molar-refractivity contribution in [1.29, 1.82) is 0 Å². The number of ether oxygens (including phenoxy) is 2. The fourth-order valence-electron chi connectivity index (χ4n) is 2.29. The Morgan fingerprint density at radius 1 is 1.30 bits per heavy atom. The molecule has 0 atom stereocenters. The van der Waals surface area contributed by atoms with E-state index in [2.05, 4.69) is 20.3 Å². The summed E-state index contributed by atoms with van der Waals surface area (Å²) in [4.78, 5) is 23.2. The first-order valence-corrected chi connectivity index (χ1v) is 9.71. The van der Waals surface area contributed by atoms with E-state index in [4.69, 9.17) is 16.3 Å². The van der Waals surface area contributed by atoms with Crippen LogP contribution in [0.4, 0.5) is 4.39 Å². The number of esters is 1. The average molecular weight is 448 g/mol. The molecule has 1 saturated heterocycles. The standard InChI is InChI=1S/C20H15ClFN3O4S/c1-28-17(26)9-16-19(27)24-20(30-16)25-23-10-12-4-2-6-14(8-12)29-11-13-5-3-7-15(21)18(13)22/h2-10H,11H2,1H3,(H,24,25,27)/b16-9+,23-10?. The molecule has 0 aromatic heterocycles. The number of rotatable bonds is 6. The summed E-state index contributed by atoms with van der Waals surface area (Å²) in [5, 5.41) is 10.6. The van der Waals surface area contributed by atoms with Crippen molar-refractivity contribution in [2.75, 3.05) is 7.11 Å². The van der Waals surface area contributed by atoms with Crippen molar-refractivity contribution in [2.45, 2.75) is 6.61 Å². The van der Waals surface area contributed by atoms with Crippen molar-refractivity contribution < 1.29 is 23.5 Å². The number of hydrogen-bond acceptors (Lipinski definition) is 7. The molecule has 1 aliphatic heterocycles. The Kier molecular flexibility index (Phi) is 7.21. The summed E-state index contributed by atoms with van der Waals surface area (Å²) in [5.74, 6) is -1.09. The van der Waals surface area contributed by atoms with Gasteiger partial charge in [-0.1, -0.05) is 35.9 Å². The highest BCUT2D eigenvalue weighted by Crippen LogP contribution is 2.23. The van der Waals surface area contributed by atoms with Crippen LogP contribution < -0.4 is 10.1 Å². The highest BCUT2D eigenvalue weighted by molar-refractivity contribution is 8.18. The number of methoxy groups -OCH3 is 1. The van der Waals surface area contributed by atoms with E-state index in [0.717, 1.165) is 17.8 Å². The smallest absolute Gasteiger partial charge is 0.331 e. The lowest BCUT2D eigenvalue weighted by atomic mass is 10.2. The summed E-state index contributed by atoms with van der Waals surface area (Å²) in [6, 6.07) is 11.7. The molecule has 0 saturated carbocycles. The van der Waals surface area contributed by atoms with Crippen LogP contribution in [-0.4, -0.2) is 30.4 Å². The minimum absolute atomic E-state index is 0.0211. The van der Waals surface area contributed by atoms with E-state index in [1.165, 1.54) is 19.4 Å². The van der Waals surface area contributed by atoms with E-state index in [1.54, 1.807) is 36.4 Å². The highest BCUT2D eigenvalue weighted by Gasteiger charge is 2.24. The van der Waals surface area contributed by atoms with Gasteiger partial charge in [-0.3, -0.25) is 10.1 Å². The zero-order valence-corrected chi connectivity index (χ0v) is 17.2. The second kappa shape index (κ2) is 10.0. The number of nitrogens with zero attached hydrogens (tertiary/aromatic N) is 2. The molecular weight excluding hydrogens is 433 g/mol. The van der Waals surface area contributed by atoms with Gasteiger partial charge in [0.1, 0.15) is 18.2 Å². The second-order valence-electron chi connectivity index (χ2n) is 5.81. The molecular formula is C20H15ClFN3O4S. The predicted molar refractivity (Wildman–Crippen MR) is 113 cm³/mol. The number of thioether (sulfide) groups is 1. The predicted octanol–water partition coefficient (Wildman–Crippen LogP) is 3.67. The Bertz CT molecular complexity index is 1070. The molecule has 3 rings (SSSR count). The van der Waals surface area contributed by atoms with Crippen molar-refractivity contribution in [3.8, 4) is 5.75 Å². The Labute approximate surface area is 180 Å². The van der Waals surface area contributed by atoms with Gasteiger partial charge in [0.25, 0.3) is 5.91 Å². The number of carbonyl (C=O) groups excluding carboxylic acids is 2. The van der Waals surface area contributed by atoms with Crippen LogP contribution in [0.2, 0.25) is 5.02 Å². The maximum Gasteiger partial charge on any atom is 0.331 e. The fraction of sp³-hybridized carbons (Fsp3) is 0.100. The molecule has 1 aliphatic rings. The molecule has 1 fully saturated rings. The minimum atomic E-state index is -0.633. The van der Waals surface area contributed by atoms with Crippen molar-refractivity contribution in [3.63, 3.8) is 0 Å². The molecule has 154 valence electrons. The summed E-state index contributed by atoms with van der Waals surface area (Å²) in [6.07, 6.45) is 2.55. The first-order chi connectivity index (χ1) is 14.5. The molecule has 0 aliphatic carbocycles. The van der Waals surface area contributed by atoms with Crippen LogP contribution in [0, 0.1) is 5.82 Å². The number of benzene rings is 2. The summed E-state index contributed by atoms with van der Waals surface area (Å²) in [7, 11) is 1.22. The molecule has 0 spiro atoms. The lowest BCUT2D eigenvalue weighted by Crippen LogP contribution is -2.19. The van der Waals surface area contributed by atoms with Gasteiger partial charge in [-0.15, -0.1) is 5.10 Å². The third-order valence-corrected chi connectivity index (χ3v) is 4.93. The summed E-state index contributed by atoms with van der Waals surface area (Å²) < 4.78 is 24.0. The molecule has 10 heteroatoms. The van der Waals surface area contributed by atoms with Gasteiger partial charge < -0.3 is 9.47 Å². The summed E-state index contributed by atoms with van der Waals surface area (Å²) in [6.45, 7) is 0.0211. The highest BCUT2D eigenvalue weighted by atomic mass is 35.5. The Morgan fingerprint density at radius 2 is 2.10 bits per heavy atom. The summed E-state index contributed by atoms with van der Waals surface area (Å²) in [5.41, 5.74) is 1.03. The van der Waals surface area contributed by atoms with Crippen LogP contribution in [0.3, 0.4) is 0 Å². The van der Waals surface area contributed by atoms with Crippen molar-refractivity contribution in [3.05, 3.63) is 75.4 Å². The number of hydrogen-bond donors (Lipinski definition) is 1. The van der Waals surface area contributed by atoms with Crippen LogP contribution >= 0.6 is 23.4 Å². The summed E-state index contributed by atoms with van der Waals surface area (Å²) >= 11 is 6.74.